The zero-order valence-corrected chi connectivity index (χ0v) is 16.4. The molecule has 6 nitrogen and oxygen atoms in total. The molecule has 2 aliphatic rings. The second-order valence-electron chi connectivity index (χ2n) is 7.74. The van der Waals surface area contributed by atoms with E-state index in [1.807, 2.05) is 4.90 Å². The number of piperazine rings is 1. The van der Waals surface area contributed by atoms with E-state index in [-0.39, 0.29) is 11.8 Å². The van der Waals surface area contributed by atoms with Gasteiger partial charge in [-0.1, -0.05) is 30.3 Å². The topological polar surface area (TPSA) is 55.9 Å². The normalized spacial score (nSPS) is 19.8. The molecule has 2 amide bonds. The highest BCUT2D eigenvalue weighted by Crippen LogP contribution is 2.21. The molecule has 0 radical (unpaired) electrons. The number of amides is 2. The maximum atomic E-state index is 12.6. The first-order chi connectivity index (χ1) is 13.1. The molecule has 2 aliphatic heterocycles. The van der Waals surface area contributed by atoms with E-state index < -0.39 is 0 Å². The molecule has 2 heterocycles. The third-order valence-corrected chi connectivity index (χ3v) is 5.80. The van der Waals surface area contributed by atoms with Gasteiger partial charge in [-0.3, -0.25) is 19.4 Å². The second kappa shape index (κ2) is 9.85. The van der Waals surface area contributed by atoms with Crippen LogP contribution in [0.2, 0.25) is 0 Å². The third kappa shape index (κ3) is 6.04. The summed E-state index contributed by atoms with van der Waals surface area (Å²) in [7, 11) is 1.66. The van der Waals surface area contributed by atoms with Gasteiger partial charge in [0, 0.05) is 33.2 Å². The molecule has 3 rings (SSSR count). The molecule has 0 bridgehead atoms. The Labute approximate surface area is 162 Å². The van der Waals surface area contributed by atoms with Gasteiger partial charge in [-0.05, 0) is 43.8 Å². The van der Waals surface area contributed by atoms with Crippen molar-refractivity contribution < 1.29 is 9.59 Å². The van der Waals surface area contributed by atoms with Crippen LogP contribution in [0, 0.1) is 5.92 Å². The van der Waals surface area contributed by atoms with Crippen LogP contribution >= 0.6 is 0 Å². The number of carbonyl (C=O) groups is 2. The number of likely N-dealkylation sites (N-methyl/N-ethyl adjacent to an activating group) is 1. The number of rotatable bonds is 6. The Morgan fingerprint density at radius 2 is 1.56 bits per heavy atom. The Hall–Kier alpha value is -1.92. The van der Waals surface area contributed by atoms with Gasteiger partial charge in [0.25, 0.3) is 0 Å². The number of nitrogens with one attached hydrogen (secondary N) is 1. The summed E-state index contributed by atoms with van der Waals surface area (Å²) in [5.41, 5.74) is 1.42. The first-order valence-electron chi connectivity index (χ1n) is 10.1. The summed E-state index contributed by atoms with van der Waals surface area (Å²) in [6.07, 6.45) is 3.49. The molecule has 0 saturated carbocycles. The van der Waals surface area contributed by atoms with E-state index in [1.54, 1.807) is 7.05 Å². The number of hydrogen-bond donors (Lipinski definition) is 1. The van der Waals surface area contributed by atoms with Crippen molar-refractivity contribution in [3.63, 3.8) is 0 Å². The number of nitrogens with zero attached hydrogens (tertiary/aromatic N) is 3. The number of benzene rings is 1. The average molecular weight is 373 g/mol. The van der Waals surface area contributed by atoms with Crippen molar-refractivity contribution in [3.8, 4) is 0 Å². The first-order valence-corrected chi connectivity index (χ1v) is 10.1. The van der Waals surface area contributed by atoms with Crippen molar-refractivity contribution >= 4 is 11.8 Å². The van der Waals surface area contributed by atoms with Gasteiger partial charge in [-0.15, -0.1) is 0 Å². The Balaban J connectivity index is 1.35. The van der Waals surface area contributed by atoms with E-state index in [1.165, 1.54) is 18.4 Å². The van der Waals surface area contributed by atoms with Gasteiger partial charge in [0.2, 0.25) is 11.8 Å². The van der Waals surface area contributed by atoms with Gasteiger partial charge in [0.1, 0.15) is 0 Å². The number of carbonyl (C=O) groups excluding carboxylic acids is 2. The highest BCUT2D eigenvalue weighted by atomic mass is 16.2. The lowest BCUT2D eigenvalue weighted by molar-refractivity contribution is -0.134. The highest BCUT2D eigenvalue weighted by molar-refractivity contribution is 5.79. The van der Waals surface area contributed by atoms with E-state index >= 15 is 0 Å². The molecule has 6 heteroatoms. The van der Waals surface area contributed by atoms with Crippen LogP contribution in [0.1, 0.15) is 18.4 Å². The molecule has 2 saturated heterocycles. The van der Waals surface area contributed by atoms with Crippen LogP contribution in [0.5, 0.6) is 0 Å². The van der Waals surface area contributed by atoms with Crippen molar-refractivity contribution in [2.24, 2.45) is 5.92 Å². The Kier molecular flexibility index (Phi) is 7.24. The SMILES string of the molecule is CNC(=O)CN1CCN(C(=O)CN2CCC(Cc3ccccc3)CC2)CC1. The summed E-state index contributed by atoms with van der Waals surface area (Å²) in [6.45, 7) is 5.98. The summed E-state index contributed by atoms with van der Waals surface area (Å²) in [5.74, 6) is 0.997. The quantitative estimate of drug-likeness (QED) is 0.804. The molecule has 27 heavy (non-hydrogen) atoms. The van der Waals surface area contributed by atoms with Crippen LogP contribution in [-0.2, 0) is 16.0 Å². The zero-order valence-electron chi connectivity index (χ0n) is 16.4. The fraction of sp³-hybridized carbons (Fsp3) is 0.619. The van der Waals surface area contributed by atoms with Crippen molar-refractivity contribution in [2.75, 3.05) is 59.4 Å². The summed E-state index contributed by atoms with van der Waals surface area (Å²) in [5, 5.41) is 2.65. The maximum absolute atomic E-state index is 12.6. The van der Waals surface area contributed by atoms with Gasteiger partial charge in [-0.25, -0.2) is 0 Å². The predicted octanol–water partition coefficient (Wildman–Crippen LogP) is 0.831. The third-order valence-electron chi connectivity index (χ3n) is 5.80. The Morgan fingerprint density at radius 1 is 0.926 bits per heavy atom. The second-order valence-corrected chi connectivity index (χ2v) is 7.74. The molecule has 0 aliphatic carbocycles. The highest BCUT2D eigenvalue weighted by Gasteiger charge is 2.26. The first kappa shape index (κ1) is 19.8. The molecular formula is C21H32N4O2. The van der Waals surface area contributed by atoms with Crippen LogP contribution in [0.3, 0.4) is 0 Å². The van der Waals surface area contributed by atoms with E-state index in [2.05, 4.69) is 45.4 Å². The van der Waals surface area contributed by atoms with Gasteiger partial charge < -0.3 is 10.2 Å². The Morgan fingerprint density at radius 3 is 2.19 bits per heavy atom. The van der Waals surface area contributed by atoms with Gasteiger partial charge in [-0.2, -0.15) is 0 Å². The van der Waals surface area contributed by atoms with Crippen molar-refractivity contribution in [2.45, 2.75) is 19.3 Å². The minimum atomic E-state index is 0.0353. The molecular weight excluding hydrogens is 340 g/mol. The fourth-order valence-electron chi connectivity index (χ4n) is 4.02. The van der Waals surface area contributed by atoms with E-state index in [0.717, 1.165) is 51.6 Å². The smallest absolute Gasteiger partial charge is 0.236 e. The van der Waals surface area contributed by atoms with Crippen LogP contribution in [0.4, 0.5) is 0 Å². The molecule has 148 valence electrons. The summed E-state index contributed by atoms with van der Waals surface area (Å²) in [6, 6.07) is 10.7. The van der Waals surface area contributed by atoms with Gasteiger partial charge in [0.05, 0.1) is 13.1 Å². The lowest BCUT2D eigenvalue weighted by Gasteiger charge is -2.37. The number of hydrogen-bond acceptors (Lipinski definition) is 4. The molecule has 1 N–H and O–H groups in total. The predicted molar refractivity (Wildman–Crippen MR) is 106 cm³/mol. The van der Waals surface area contributed by atoms with E-state index in [9.17, 15) is 9.59 Å². The summed E-state index contributed by atoms with van der Waals surface area (Å²) < 4.78 is 0. The lowest BCUT2D eigenvalue weighted by atomic mass is 9.90. The maximum Gasteiger partial charge on any atom is 0.236 e. The van der Waals surface area contributed by atoms with Crippen LogP contribution in [0.25, 0.3) is 0 Å². The minimum Gasteiger partial charge on any atom is -0.358 e. The number of piperidine rings is 1. The lowest BCUT2D eigenvalue weighted by Crippen LogP contribution is -2.53. The van der Waals surface area contributed by atoms with Gasteiger partial charge in [0.15, 0.2) is 0 Å². The number of likely N-dealkylation sites (tertiary alicyclic amines) is 1. The van der Waals surface area contributed by atoms with Crippen LogP contribution in [0.15, 0.2) is 30.3 Å². The standard InChI is InChI=1S/C21H32N4O2/c1-22-20(26)16-24-11-13-25(14-12-24)21(27)17-23-9-7-19(8-10-23)15-18-5-3-2-4-6-18/h2-6,19H,7-17H2,1H3,(H,22,26). The van der Waals surface area contributed by atoms with E-state index in [0.29, 0.717) is 13.1 Å². The van der Waals surface area contributed by atoms with Crippen LogP contribution < -0.4 is 5.32 Å². The summed E-state index contributed by atoms with van der Waals surface area (Å²) >= 11 is 0. The minimum absolute atomic E-state index is 0.0353. The average Bonchev–Trinajstić information content (AvgIpc) is 2.70. The van der Waals surface area contributed by atoms with Crippen LogP contribution in [-0.4, -0.2) is 85.9 Å². The molecule has 0 spiro atoms. The Bertz CT molecular complexity index is 606. The van der Waals surface area contributed by atoms with Gasteiger partial charge >= 0.3 is 0 Å². The summed E-state index contributed by atoms with van der Waals surface area (Å²) in [4.78, 5) is 30.4. The van der Waals surface area contributed by atoms with Crippen molar-refractivity contribution in [3.05, 3.63) is 35.9 Å². The van der Waals surface area contributed by atoms with E-state index in [4.69, 9.17) is 0 Å². The van der Waals surface area contributed by atoms with Crippen molar-refractivity contribution in [1.29, 1.82) is 0 Å². The molecule has 2 fully saturated rings. The molecule has 1 aromatic carbocycles. The molecule has 0 atom stereocenters. The zero-order chi connectivity index (χ0) is 19.1. The van der Waals surface area contributed by atoms with Crippen molar-refractivity contribution in [1.82, 2.24) is 20.0 Å². The molecule has 0 unspecified atom stereocenters. The fourth-order valence-corrected chi connectivity index (χ4v) is 4.02. The molecule has 1 aromatic rings. The molecule has 0 aromatic heterocycles. The largest absolute Gasteiger partial charge is 0.358 e. The monoisotopic (exact) mass is 372 g/mol.